The topological polar surface area (TPSA) is 35.5 Å². The van der Waals surface area contributed by atoms with Gasteiger partial charge in [0.1, 0.15) is 0 Å². The normalized spacial score (nSPS) is 24.3. The molecule has 1 fully saturated rings. The highest BCUT2D eigenvalue weighted by molar-refractivity contribution is 6.74. The summed E-state index contributed by atoms with van der Waals surface area (Å²) < 4.78 is 24.5. The van der Waals surface area contributed by atoms with Crippen LogP contribution in [0.5, 0.6) is 0 Å². The first kappa shape index (κ1) is 21.1. The third kappa shape index (κ3) is 5.55. The molecule has 0 bridgehead atoms. The zero-order chi connectivity index (χ0) is 18.5. The Morgan fingerprint density at radius 1 is 1.42 bits per heavy atom. The van der Waals surface area contributed by atoms with Crippen molar-refractivity contribution < 1.29 is 18.3 Å². The van der Waals surface area contributed by atoms with E-state index in [0.717, 1.165) is 17.6 Å². The number of rotatable bonds is 6. The molecule has 0 saturated heterocycles. The fraction of sp³-hybridized carbons (Fsp3) is 0.737. The van der Waals surface area contributed by atoms with Gasteiger partial charge in [-0.05, 0) is 61.4 Å². The van der Waals surface area contributed by atoms with Gasteiger partial charge in [-0.25, -0.2) is 4.79 Å². The summed E-state index contributed by atoms with van der Waals surface area (Å²) in [5, 5.41) is 0.113. The number of halogens is 1. The number of carbonyl (C=O) groups is 1. The summed E-state index contributed by atoms with van der Waals surface area (Å²) in [4.78, 5) is 11.8. The van der Waals surface area contributed by atoms with Crippen molar-refractivity contribution in [1.29, 1.82) is 0 Å². The van der Waals surface area contributed by atoms with Gasteiger partial charge in [0.15, 0.2) is 8.32 Å². The van der Waals surface area contributed by atoms with Crippen LogP contribution >= 0.6 is 0 Å². The van der Waals surface area contributed by atoms with Crippen molar-refractivity contribution in [1.82, 2.24) is 0 Å². The van der Waals surface area contributed by atoms with E-state index in [1.807, 2.05) is 0 Å². The zero-order valence-electron chi connectivity index (χ0n) is 16.1. The molecule has 0 heterocycles. The zero-order valence-corrected chi connectivity index (χ0v) is 17.1. The van der Waals surface area contributed by atoms with Crippen molar-refractivity contribution in [3.05, 3.63) is 23.8 Å². The minimum atomic E-state index is -1.92. The Bertz CT molecular complexity index is 491. The first-order valence-electron chi connectivity index (χ1n) is 8.82. The molecular formula is C19H33FO3Si. The average molecular weight is 357 g/mol. The highest BCUT2D eigenvalue weighted by Gasteiger charge is 2.41. The molecule has 1 aliphatic carbocycles. The van der Waals surface area contributed by atoms with E-state index in [0.29, 0.717) is 19.4 Å². The van der Waals surface area contributed by atoms with Gasteiger partial charge in [-0.2, -0.15) is 0 Å². The van der Waals surface area contributed by atoms with Crippen LogP contribution in [-0.2, 0) is 14.0 Å². The molecule has 1 aliphatic rings. The smallest absolute Gasteiger partial charge is 0.331 e. The maximum Gasteiger partial charge on any atom is 0.331 e. The predicted octanol–water partition coefficient (Wildman–Crippen LogP) is 5.19. The molecule has 0 N–H and O–H groups in total. The number of carbonyl (C=O) groups excluding carboxylic acids is 1. The molecule has 0 aromatic heterocycles. The molecule has 0 radical (unpaired) electrons. The van der Waals surface area contributed by atoms with Crippen LogP contribution in [-0.4, -0.2) is 33.7 Å². The Morgan fingerprint density at radius 3 is 2.54 bits per heavy atom. The second kappa shape index (κ2) is 8.43. The van der Waals surface area contributed by atoms with Crippen molar-refractivity contribution in [3.8, 4) is 0 Å². The Labute approximate surface area is 147 Å². The molecule has 1 rings (SSSR count). The van der Waals surface area contributed by atoms with Crippen LogP contribution in [0.3, 0.4) is 0 Å². The van der Waals surface area contributed by atoms with Crippen molar-refractivity contribution in [2.75, 3.05) is 13.3 Å². The van der Waals surface area contributed by atoms with Gasteiger partial charge in [0.05, 0.1) is 13.3 Å². The molecule has 2 atom stereocenters. The van der Waals surface area contributed by atoms with Gasteiger partial charge in [-0.3, -0.25) is 4.39 Å². The lowest BCUT2D eigenvalue weighted by Gasteiger charge is -2.42. The van der Waals surface area contributed by atoms with Gasteiger partial charge in [0, 0.05) is 12.2 Å². The Kier molecular flexibility index (Phi) is 7.41. The molecule has 0 unspecified atom stereocenters. The molecule has 138 valence electrons. The van der Waals surface area contributed by atoms with Crippen molar-refractivity contribution >= 4 is 14.3 Å². The van der Waals surface area contributed by atoms with Gasteiger partial charge in [-0.15, -0.1) is 0 Å². The van der Waals surface area contributed by atoms with Gasteiger partial charge in [-0.1, -0.05) is 27.4 Å². The molecular weight excluding hydrogens is 323 g/mol. The van der Waals surface area contributed by atoms with Crippen LogP contribution in [0.25, 0.3) is 0 Å². The number of esters is 1. The minimum Gasteiger partial charge on any atom is -0.463 e. The summed E-state index contributed by atoms with van der Waals surface area (Å²) in [7, 11) is -1.92. The third-order valence-electron chi connectivity index (χ3n) is 5.20. The van der Waals surface area contributed by atoms with Gasteiger partial charge in [0.25, 0.3) is 0 Å². The van der Waals surface area contributed by atoms with Crippen molar-refractivity contribution in [2.45, 2.75) is 71.2 Å². The Balaban J connectivity index is 2.99. The maximum atomic E-state index is 12.9. The summed E-state index contributed by atoms with van der Waals surface area (Å²) >= 11 is 0. The first-order valence-corrected chi connectivity index (χ1v) is 11.7. The molecule has 0 amide bonds. The van der Waals surface area contributed by atoms with E-state index in [9.17, 15) is 9.18 Å². The lowest BCUT2D eigenvalue weighted by molar-refractivity contribution is -0.137. The van der Waals surface area contributed by atoms with Crippen molar-refractivity contribution in [2.24, 2.45) is 5.92 Å². The van der Waals surface area contributed by atoms with Crippen LogP contribution in [0, 0.1) is 5.92 Å². The average Bonchev–Trinajstić information content (AvgIpc) is 2.42. The lowest BCUT2D eigenvalue weighted by atomic mass is 9.78. The Hall–Kier alpha value is -0.943. The molecule has 0 aromatic rings. The minimum absolute atomic E-state index is 0.00798. The predicted molar refractivity (Wildman–Crippen MR) is 99.2 cm³/mol. The highest BCUT2D eigenvalue weighted by Crippen LogP contribution is 2.42. The van der Waals surface area contributed by atoms with Gasteiger partial charge >= 0.3 is 5.97 Å². The number of hydrogen-bond acceptors (Lipinski definition) is 3. The molecule has 5 heteroatoms. The van der Waals surface area contributed by atoms with Crippen LogP contribution in [0.2, 0.25) is 18.1 Å². The number of alkyl halides is 1. The van der Waals surface area contributed by atoms with E-state index in [1.165, 1.54) is 6.08 Å². The van der Waals surface area contributed by atoms with E-state index in [2.05, 4.69) is 40.4 Å². The highest BCUT2D eigenvalue weighted by atomic mass is 28.4. The van der Waals surface area contributed by atoms with E-state index in [-0.39, 0.29) is 29.7 Å². The first-order chi connectivity index (χ1) is 11.0. The monoisotopic (exact) mass is 356 g/mol. The largest absolute Gasteiger partial charge is 0.463 e. The maximum absolute atomic E-state index is 12.9. The second-order valence-electron chi connectivity index (χ2n) is 8.06. The summed E-state index contributed by atoms with van der Waals surface area (Å²) in [6, 6.07) is 0. The molecule has 1 saturated carbocycles. The lowest BCUT2D eigenvalue weighted by Crippen LogP contribution is -2.45. The van der Waals surface area contributed by atoms with Gasteiger partial charge < -0.3 is 9.16 Å². The SMILES string of the molecule is C=C1/C(=C\C(=O)OCC)C[C@@H](O[Si](C)(C)C(C)(C)C)C[C@@H]1CCF. The second-order valence-corrected chi connectivity index (χ2v) is 12.8. The molecule has 3 nitrogen and oxygen atoms in total. The van der Waals surface area contributed by atoms with Crippen LogP contribution in [0.1, 0.15) is 47.0 Å². The summed E-state index contributed by atoms with van der Waals surface area (Å²) in [6.45, 7) is 16.9. The number of hydrogen-bond donors (Lipinski definition) is 0. The van der Waals surface area contributed by atoms with Gasteiger partial charge in [0.2, 0.25) is 0 Å². The van der Waals surface area contributed by atoms with E-state index >= 15 is 0 Å². The molecule has 24 heavy (non-hydrogen) atoms. The van der Waals surface area contributed by atoms with Crippen LogP contribution in [0.15, 0.2) is 23.8 Å². The fourth-order valence-electron chi connectivity index (χ4n) is 2.77. The molecule has 0 spiro atoms. The van der Waals surface area contributed by atoms with Crippen LogP contribution < -0.4 is 0 Å². The molecule has 0 aromatic carbocycles. The summed E-state index contributed by atoms with van der Waals surface area (Å²) in [5.41, 5.74) is 1.71. The standard InChI is InChI=1S/C19H33FO3Si/c1-8-22-18(21)13-16-12-17(11-15(9-10-20)14(16)2)23-24(6,7)19(3,4)5/h13,15,17H,2,8-12H2,1,3-7H3/b16-13-/t15-,17-/m0/s1. The Morgan fingerprint density at radius 2 is 2.04 bits per heavy atom. The van der Waals surface area contributed by atoms with E-state index in [1.54, 1.807) is 6.92 Å². The summed E-state index contributed by atoms with van der Waals surface area (Å²) in [6.07, 6.45) is 3.37. The van der Waals surface area contributed by atoms with Crippen molar-refractivity contribution in [3.63, 3.8) is 0 Å². The quantitative estimate of drug-likeness (QED) is 0.373. The van der Waals surface area contributed by atoms with E-state index in [4.69, 9.17) is 9.16 Å². The molecule has 0 aliphatic heterocycles. The summed E-state index contributed by atoms with van der Waals surface area (Å²) in [5.74, 6) is -0.334. The number of allylic oxidation sites excluding steroid dienone is 1. The number of ether oxygens (including phenoxy) is 1. The van der Waals surface area contributed by atoms with E-state index < -0.39 is 8.32 Å². The third-order valence-corrected chi connectivity index (χ3v) is 9.74. The fourth-order valence-corrected chi connectivity index (χ4v) is 4.13. The van der Waals surface area contributed by atoms with Crippen LogP contribution in [0.4, 0.5) is 4.39 Å².